The molecule has 2 N–H and O–H groups in total. The SMILES string of the molecule is C.CC(C)(C)OC(=O)N[C@@H](CNC(=O)/C=C/c1cccc(Br)c1F)C(=O)OC(C)(C)C. The number of carbonyl (C=O) groups excluding carboxylic acids is 3. The molecule has 0 fully saturated rings. The molecule has 7 nitrogen and oxygen atoms in total. The molecule has 0 saturated heterocycles. The van der Waals surface area contributed by atoms with Gasteiger partial charge in [-0.3, -0.25) is 4.79 Å². The summed E-state index contributed by atoms with van der Waals surface area (Å²) >= 11 is 3.07. The predicted octanol–water partition coefficient (Wildman–Crippen LogP) is 4.59. The number of alkyl carbamates (subject to hydrolysis) is 1. The van der Waals surface area contributed by atoms with Gasteiger partial charge in [-0.2, -0.15) is 0 Å². The predicted molar refractivity (Wildman–Crippen MR) is 122 cm³/mol. The Hall–Kier alpha value is -2.42. The molecule has 0 unspecified atom stereocenters. The van der Waals surface area contributed by atoms with Gasteiger partial charge in [0.1, 0.15) is 23.1 Å². The summed E-state index contributed by atoms with van der Waals surface area (Å²) in [6.07, 6.45) is 1.61. The number of nitrogens with one attached hydrogen (secondary N) is 2. The van der Waals surface area contributed by atoms with E-state index in [1.807, 2.05) is 0 Å². The maximum atomic E-state index is 14.0. The van der Waals surface area contributed by atoms with Crippen LogP contribution in [0.4, 0.5) is 9.18 Å². The zero-order valence-corrected chi connectivity index (χ0v) is 19.6. The Bertz CT molecular complexity index is 813. The molecule has 0 heterocycles. The number of esters is 1. The third-order valence-corrected chi connectivity index (χ3v) is 3.87. The van der Waals surface area contributed by atoms with E-state index >= 15 is 0 Å². The maximum absolute atomic E-state index is 14.0. The summed E-state index contributed by atoms with van der Waals surface area (Å²) in [6, 6.07) is 3.52. The molecular weight excluding hydrogens is 471 g/mol. The van der Waals surface area contributed by atoms with Crippen LogP contribution < -0.4 is 10.6 Å². The number of rotatable bonds is 6. The highest BCUT2D eigenvalue weighted by molar-refractivity contribution is 9.10. The second-order valence-corrected chi connectivity index (χ2v) is 9.31. The number of ether oxygens (including phenoxy) is 2. The first-order valence-corrected chi connectivity index (χ1v) is 10.1. The molecule has 1 aromatic carbocycles. The summed E-state index contributed by atoms with van der Waals surface area (Å²) in [7, 11) is 0. The lowest BCUT2D eigenvalue weighted by Crippen LogP contribution is -2.51. The molecule has 174 valence electrons. The van der Waals surface area contributed by atoms with E-state index in [4.69, 9.17) is 9.47 Å². The van der Waals surface area contributed by atoms with Crippen molar-refractivity contribution < 1.29 is 28.2 Å². The normalized spacial score (nSPS) is 12.5. The minimum absolute atomic E-state index is 0. The van der Waals surface area contributed by atoms with Gasteiger partial charge in [0.05, 0.1) is 4.47 Å². The average Bonchev–Trinajstić information content (AvgIpc) is 2.56. The second-order valence-electron chi connectivity index (χ2n) is 8.45. The van der Waals surface area contributed by atoms with Gasteiger partial charge >= 0.3 is 12.1 Å². The van der Waals surface area contributed by atoms with Crippen molar-refractivity contribution >= 4 is 40.0 Å². The molecule has 31 heavy (non-hydrogen) atoms. The molecule has 0 radical (unpaired) electrons. The van der Waals surface area contributed by atoms with Gasteiger partial charge in [-0.05, 0) is 69.6 Å². The molecule has 0 aliphatic carbocycles. The Morgan fingerprint density at radius 3 is 2.23 bits per heavy atom. The van der Waals surface area contributed by atoms with E-state index in [0.717, 1.165) is 6.08 Å². The number of benzene rings is 1. The fourth-order valence-electron chi connectivity index (χ4n) is 2.09. The first-order chi connectivity index (χ1) is 13.7. The van der Waals surface area contributed by atoms with E-state index in [-0.39, 0.29) is 24.0 Å². The van der Waals surface area contributed by atoms with Crippen molar-refractivity contribution in [3.05, 3.63) is 40.1 Å². The average molecular weight is 503 g/mol. The molecule has 0 aliphatic heterocycles. The summed E-state index contributed by atoms with van der Waals surface area (Å²) in [4.78, 5) is 36.6. The molecule has 0 saturated carbocycles. The van der Waals surface area contributed by atoms with E-state index in [2.05, 4.69) is 26.6 Å². The van der Waals surface area contributed by atoms with Crippen LogP contribution in [0.25, 0.3) is 6.08 Å². The Morgan fingerprint density at radius 2 is 1.68 bits per heavy atom. The summed E-state index contributed by atoms with van der Waals surface area (Å²) in [5.74, 6) is -1.80. The van der Waals surface area contributed by atoms with Gasteiger partial charge < -0.3 is 20.1 Å². The fraction of sp³-hybridized carbons (Fsp3) is 0.500. The molecule has 0 bridgehead atoms. The number of carbonyl (C=O) groups is 3. The van der Waals surface area contributed by atoms with E-state index in [1.54, 1.807) is 53.7 Å². The van der Waals surface area contributed by atoms with E-state index in [0.29, 0.717) is 0 Å². The van der Waals surface area contributed by atoms with E-state index in [9.17, 15) is 18.8 Å². The monoisotopic (exact) mass is 502 g/mol. The number of amides is 2. The lowest BCUT2D eigenvalue weighted by molar-refractivity contribution is -0.157. The van der Waals surface area contributed by atoms with Crippen LogP contribution in [0.1, 0.15) is 54.5 Å². The van der Waals surface area contributed by atoms with Gasteiger partial charge in [0, 0.05) is 18.2 Å². The molecule has 0 aliphatic rings. The lowest BCUT2D eigenvalue weighted by Gasteiger charge is -2.26. The van der Waals surface area contributed by atoms with Crippen molar-refractivity contribution in [3.63, 3.8) is 0 Å². The highest BCUT2D eigenvalue weighted by atomic mass is 79.9. The van der Waals surface area contributed by atoms with Gasteiger partial charge in [0.15, 0.2) is 0 Å². The first kappa shape index (κ1) is 28.6. The van der Waals surface area contributed by atoms with Crippen LogP contribution in [0, 0.1) is 5.82 Å². The summed E-state index contributed by atoms with van der Waals surface area (Å²) in [6.45, 7) is 9.86. The van der Waals surface area contributed by atoms with Crippen LogP contribution in [0.2, 0.25) is 0 Å². The van der Waals surface area contributed by atoms with Gasteiger partial charge in [0.2, 0.25) is 5.91 Å². The third kappa shape index (κ3) is 11.5. The van der Waals surface area contributed by atoms with Crippen molar-refractivity contribution in [1.82, 2.24) is 10.6 Å². The van der Waals surface area contributed by atoms with Crippen LogP contribution in [-0.4, -0.2) is 41.8 Å². The summed E-state index contributed by atoms with van der Waals surface area (Å²) < 4.78 is 24.7. The van der Waals surface area contributed by atoms with Crippen LogP contribution in [0.15, 0.2) is 28.7 Å². The Morgan fingerprint density at radius 1 is 1.10 bits per heavy atom. The zero-order valence-electron chi connectivity index (χ0n) is 18.0. The smallest absolute Gasteiger partial charge is 0.408 e. The van der Waals surface area contributed by atoms with Gasteiger partial charge in [-0.15, -0.1) is 0 Å². The third-order valence-electron chi connectivity index (χ3n) is 3.26. The summed E-state index contributed by atoms with van der Waals surface area (Å²) in [5.41, 5.74) is -1.33. The Labute approximate surface area is 191 Å². The molecule has 1 rings (SSSR count). The molecule has 2 amide bonds. The van der Waals surface area contributed by atoms with Crippen LogP contribution in [0.3, 0.4) is 0 Å². The highest BCUT2D eigenvalue weighted by Gasteiger charge is 2.28. The van der Waals surface area contributed by atoms with Gasteiger partial charge in [-0.25, -0.2) is 14.0 Å². The Balaban J connectivity index is 0.00000900. The molecule has 9 heteroatoms. The van der Waals surface area contributed by atoms with E-state index in [1.165, 1.54) is 12.1 Å². The number of hydrogen-bond donors (Lipinski definition) is 2. The van der Waals surface area contributed by atoms with Crippen molar-refractivity contribution in [2.24, 2.45) is 0 Å². The van der Waals surface area contributed by atoms with Crippen LogP contribution in [0.5, 0.6) is 0 Å². The molecule has 1 atom stereocenters. The van der Waals surface area contributed by atoms with Crippen LogP contribution in [-0.2, 0) is 19.1 Å². The van der Waals surface area contributed by atoms with Crippen LogP contribution >= 0.6 is 15.9 Å². The molecule has 0 aromatic heterocycles. The van der Waals surface area contributed by atoms with Crippen molar-refractivity contribution in [1.29, 1.82) is 0 Å². The standard InChI is InChI=1S/C21H28BrFN2O5.CH4/c1-20(2,3)29-18(27)15(25-19(28)30-21(4,5)6)12-24-16(26)11-10-13-8-7-9-14(22)17(13)23;/h7-11,15H,12H2,1-6H3,(H,24,26)(H,25,28);1H4/b11-10+;/t15-;/m0./s1. The van der Waals surface area contributed by atoms with Crippen molar-refractivity contribution in [3.8, 4) is 0 Å². The largest absolute Gasteiger partial charge is 0.458 e. The first-order valence-electron chi connectivity index (χ1n) is 9.30. The maximum Gasteiger partial charge on any atom is 0.408 e. The van der Waals surface area contributed by atoms with Crippen molar-refractivity contribution in [2.45, 2.75) is 66.2 Å². The number of hydrogen-bond acceptors (Lipinski definition) is 5. The topological polar surface area (TPSA) is 93.7 Å². The number of halogens is 2. The molecule has 0 spiro atoms. The fourth-order valence-corrected chi connectivity index (χ4v) is 2.47. The molecule has 1 aromatic rings. The van der Waals surface area contributed by atoms with Gasteiger partial charge in [0.25, 0.3) is 0 Å². The second kappa shape index (κ2) is 11.8. The minimum atomic E-state index is -1.17. The quantitative estimate of drug-likeness (QED) is 0.438. The van der Waals surface area contributed by atoms with E-state index < -0.39 is 41.0 Å². The zero-order chi connectivity index (χ0) is 23.1. The Kier molecular flexibility index (Phi) is 10.9. The lowest BCUT2D eigenvalue weighted by atomic mass is 10.2. The highest BCUT2D eigenvalue weighted by Crippen LogP contribution is 2.19. The summed E-state index contributed by atoms with van der Waals surface area (Å²) in [5, 5.41) is 4.89. The minimum Gasteiger partial charge on any atom is -0.458 e. The van der Waals surface area contributed by atoms with Gasteiger partial charge in [-0.1, -0.05) is 19.6 Å². The molecular formula is C22H32BrFN2O5. The van der Waals surface area contributed by atoms with Crippen molar-refractivity contribution in [2.75, 3.05) is 6.54 Å².